The van der Waals surface area contributed by atoms with Crippen molar-refractivity contribution in [2.24, 2.45) is 4.99 Å². The highest BCUT2D eigenvalue weighted by molar-refractivity contribution is 7.91. The Bertz CT molecular complexity index is 514. The van der Waals surface area contributed by atoms with Gasteiger partial charge in [0.1, 0.15) is 0 Å². The monoisotopic (exact) mass is 298 g/mol. The summed E-state index contributed by atoms with van der Waals surface area (Å²) in [6, 6.07) is 5.79. The van der Waals surface area contributed by atoms with Gasteiger partial charge in [0.15, 0.2) is 15.8 Å². The van der Waals surface area contributed by atoms with E-state index >= 15 is 0 Å². The molecule has 2 N–H and O–H groups in total. The predicted octanol–water partition coefficient (Wildman–Crippen LogP) is 0.224. The van der Waals surface area contributed by atoms with Crippen molar-refractivity contribution in [2.75, 3.05) is 31.6 Å². The summed E-state index contributed by atoms with van der Waals surface area (Å²) >= 11 is 0. The number of nitrogens with zero attached hydrogens (tertiary/aromatic N) is 2. The molecule has 6 nitrogen and oxygen atoms in total. The number of hydrogen-bond donors (Lipinski definition) is 2. The Hall–Kier alpha value is -1.63. The summed E-state index contributed by atoms with van der Waals surface area (Å²) in [6.07, 6.45) is 2.55. The Morgan fingerprint density at radius 3 is 2.65 bits per heavy atom. The Morgan fingerprint density at radius 2 is 2.05 bits per heavy atom. The number of nitrogens with one attached hydrogen (secondary N) is 2. The first kappa shape index (κ1) is 16.4. The van der Waals surface area contributed by atoms with E-state index in [0.29, 0.717) is 19.0 Å². The van der Waals surface area contributed by atoms with Gasteiger partial charge >= 0.3 is 0 Å². The lowest BCUT2D eigenvalue weighted by atomic mass is 10.3. The van der Waals surface area contributed by atoms with E-state index < -0.39 is 9.84 Å². The second kappa shape index (κ2) is 8.52. The summed E-state index contributed by atoms with van der Waals surface area (Å²) in [7, 11) is -1.28. The molecule has 0 radical (unpaired) electrons. The molecule has 1 aromatic rings. The van der Waals surface area contributed by atoms with Crippen LogP contribution >= 0.6 is 0 Å². The minimum atomic E-state index is -2.94. The molecule has 0 spiro atoms. The average Bonchev–Trinajstić information content (AvgIpc) is 2.46. The number of hydrogen-bond acceptors (Lipinski definition) is 4. The molecule has 0 bridgehead atoms. The summed E-state index contributed by atoms with van der Waals surface area (Å²) in [5.41, 5.74) is 1.00. The number of aromatic nitrogens is 1. The third-order valence-corrected chi connectivity index (χ3v) is 4.47. The number of sulfone groups is 1. The lowest BCUT2D eigenvalue weighted by Crippen LogP contribution is -2.40. The fourth-order valence-electron chi connectivity index (χ4n) is 1.54. The lowest BCUT2D eigenvalue weighted by Gasteiger charge is -2.11. The molecule has 0 aliphatic heterocycles. The standard InChI is InChI=1S/C13H22N4O2S/c1-3-20(18,19)11-10-17-13(14-2)16-9-7-12-6-4-5-8-15-12/h4-6,8H,3,7,9-11H2,1-2H3,(H2,14,16,17). The Kier molecular flexibility index (Phi) is 7.00. The molecule has 1 aromatic heterocycles. The molecule has 0 saturated carbocycles. The van der Waals surface area contributed by atoms with Gasteiger partial charge in [-0.15, -0.1) is 0 Å². The van der Waals surface area contributed by atoms with E-state index in [0.717, 1.165) is 12.1 Å². The largest absolute Gasteiger partial charge is 0.356 e. The smallest absolute Gasteiger partial charge is 0.191 e. The fourth-order valence-corrected chi connectivity index (χ4v) is 2.25. The molecule has 0 aliphatic carbocycles. The molecule has 1 heterocycles. The van der Waals surface area contributed by atoms with Crippen LogP contribution in [0.25, 0.3) is 0 Å². The van der Waals surface area contributed by atoms with E-state index in [2.05, 4.69) is 20.6 Å². The van der Waals surface area contributed by atoms with E-state index in [1.807, 2.05) is 18.2 Å². The molecule has 0 amide bonds. The van der Waals surface area contributed by atoms with Crippen LogP contribution in [0, 0.1) is 0 Å². The number of aliphatic imine (C=N–C) groups is 1. The third kappa shape index (κ3) is 6.51. The van der Waals surface area contributed by atoms with Crippen LogP contribution < -0.4 is 10.6 Å². The van der Waals surface area contributed by atoms with Gasteiger partial charge in [0.25, 0.3) is 0 Å². The van der Waals surface area contributed by atoms with E-state index in [1.165, 1.54) is 0 Å². The van der Waals surface area contributed by atoms with Gasteiger partial charge in [-0.3, -0.25) is 9.98 Å². The molecule has 20 heavy (non-hydrogen) atoms. The molecular weight excluding hydrogens is 276 g/mol. The molecule has 0 atom stereocenters. The van der Waals surface area contributed by atoms with Crippen molar-refractivity contribution in [3.8, 4) is 0 Å². The van der Waals surface area contributed by atoms with Gasteiger partial charge in [-0.05, 0) is 12.1 Å². The summed E-state index contributed by atoms with van der Waals surface area (Å²) in [5, 5.41) is 6.11. The highest BCUT2D eigenvalue weighted by Gasteiger charge is 2.07. The zero-order chi connectivity index (χ0) is 14.8. The van der Waals surface area contributed by atoms with E-state index in [4.69, 9.17) is 0 Å². The Balaban J connectivity index is 2.27. The van der Waals surface area contributed by atoms with Gasteiger partial charge in [0, 0.05) is 44.2 Å². The van der Waals surface area contributed by atoms with Crippen molar-refractivity contribution in [2.45, 2.75) is 13.3 Å². The highest BCUT2D eigenvalue weighted by atomic mass is 32.2. The topological polar surface area (TPSA) is 83.5 Å². The van der Waals surface area contributed by atoms with Gasteiger partial charge < -0.3 is 10.6 Å². The maximum Gasteiger partial charge on any atom is 0.191 e. The summed E-state index contributed by atoms with van der Waals surface area (Å²) < 4.78 is 22.7. The van der Waals surface area contributed by atoms with Crippen LogP contribution in [0.15, 0.2) is 29.4 Å². The third-order valence-electron chi connectivity index (χ3n) is 2.77. The van der Waals surface area contributed by atoms with Crippen molar-refractivity contribution in [3.63, 3.8) is 0 Å². The number of guanidine groups is 1. The van der Waals surface area contributed by atoms with E-state index in [-0.39, 0.29) is 11.5 Å². The van der Waals surface area contributed by atoms with Crippen molar-refractivity contribution in [1.82, 2.24) is 15.6 Å². The minimum absolute atomic E-state index is 0.116. The lowest BCUT2D eigenvalue weighted by molar-refractivity contribution is 0.595. The van der Waals surface area contributed by atoms with Crippen LogP contribution in [0.4, 0.5) is 0 Å². The molecule has 0 saturated heterocycles. The maximum absolute atomic E-state index is 11.4. The van der Waals surface area contributed by atoms with Crippen LogP contribution in [-0.2, 0) is 16.3 Å². The van der Waals surface area contributed by atoms with Gasteiger partial charge in [0.2, 0.25) is 0 Å². The molecule has 0 aromatic carbocycles. The van der Waals surface area contributed by atoms with Gasteiger partial charge in [-0.2, -0.15) is 0 Å². The van der Waals surface area contributed by atoms with Crippen molar-refractivity contribution in [3.05, 3.63) is 30.1 Å². The molecule has 7 heteroatoms. The fraction of sp³-hybridized carbons (Fsp3) is 0.538. The summed E-state index contributed by atoms with van der Waals surface area (Å²) in [6.45, 7) is 2.70. The van der Waals surface area contributed by atoms with Gasteiger partial charge in [-0.25, -0.2) is 8.42 Å². The number of rotatable bonds is 7. The van der Waals surface area contributed by atoms with Gasteiger partial charge in [-0.1, -0.05) is 13.0 Å². The molecular formula is C13H22N4O2S. The summed E-state index contributed by atoms with van der Waals surface area (Å²) in [4.78, 5) is 8.27. The van der Waals surface area contributed by atoms with Crippen LogP contribution in [0.5, 0.6) is 0 Å². The zero-order valence-electron chi connectivity index (χ0n) is 12.0. The molecule has 0 fully saturated rings. The van der Waals surface area contributed by atoms with Crippen LogP contribution in [-0.4, -0.2) is 51.0 Å². The second-order valence-electron chi connectivity index (χ2n) is 4.23. The zero-order valence-corrected chi connectivity index (χ0v) is 12.8. The Labute approximate surface area is 120 Å². The highest BCUT2D eigenvalue weighted by Crippen LogP contribution is 1.93. The van der Waals surface area contributed by atoms with Crippen molar-refractivity contribution >= 4 is 15.8 Å². The first-order valence-corrected chi connectivity index (χ1v) is 8.44. The predicted molar refractivity (Wildman–Crippen MR) is 81.6 cm³/mol. The van der Waals surface area contributed by atoms with Crippen LogP contribution in [0.1, 0.15) is 12.6 Å². The molecule has 0 unspecified atom stereocenters. The first-order chi connectivity index (χ1) is 9.57. The normalized spacial score (nSPS) is 12.2. The summed E-state index contributed by atoms with van der Waals surface area (Å²) in [5.74, 6) is 0.886. The van der Waals surface area contributed by atoms with E-state index in [9.17, 15) is 8.42 Å². The second-order valence-corrected chi connectivity index (χ2v) is 6.71. The van der Waals surface area contributed by atoms with E-state index in [1.54, 1.807) is 20.2 Å². The Morgan fingerprint density at radius 1 is 1.30 bits per heavy atom. The molecule has 112 valence electrons. The maximum atomic E-state index is 11.4. The van der Waals surface area contributed by atoms with Crippen LogP contribution in [0.3, 0.4) is 0 Å². The minimum Gasteiger partial charge on any atom is -0.356 e. The molecule has 0 aliphatic rings. The van der Waals surface area contributed by atoms with Crippen molar-refractivity contribution < 1.29 is 8.42 Å². The van der Waals surface area contributed by atoms with Gasteiger partial charge in [0.05, 0.1) is 5.75 Å². The SMILES string of the molecule is CCS(=O)(=O)CCNC(=NC)NCCc1ccccn1. The van der Waals surface area contributed by atoms with Crippen LogP contribution in [0.2, 0.25) is 0 Å². The quantitative estimate of drug-likeness (QED) is 0.556. The average molecular weight is 298 g/mol. The van der Waals surface area contributed by atoms with Crippen molar-refractivity contribution in [1.29, 1.82) is 0 Å². The molecule has 1 rings (SSSR count). The first-order valence-electron chi connectivity index (χ1n) is 6.62. The number of pyridine rings is 1.